The summed E-state index contributed by atoms with van der Waals surface area (Å²) in [7, 11) is -2.34. The third-order valence-electron chi connectivity index (χ3n) is 5.60. The first kappa shape index (κ1) is 29.2. The SMILES string of the molecule is COc1ccc(S(=O)(=O)NCC(OCc2ccccc2)C(Cc2ccccc2)NC(=O)OC(C)(C)C)cc1. The highest BCUT2D eigenvalue weighted by molar-refractivity contribution is 7.89. The standard InChI is InChI=1S/C29H36N2O6S/c1-29(2,3)37-28(32)31-26(19-22-11-7-5-8-12-22)27(36-21-23-13-9-6-10-14-23)20-30-38(33,34)25-17-15-24(35-4)16-18-25/h5-18,26-27,30H,19-21H2,1-4H3,(H,31,32). The molecule has 8 nitrogen and oxygen atoms in total. The van der Waals surface area contributed by atoms with Crippen molar-refractivity contribution >= 4 is 16.1 Å². The first-order chi connectivity index (χ1) is 18.1. The van der Waals surface area contributed by atoms with E-state index in [1.165, 1.54) is 19.2 Å². The number of carbonyl (C=O) groups is 1. The van der Waals surface area contributed by atoms with Crippen molar-refractivity contribution in [3.8, 4) is 5.75 Å². The van der Waals surface area contributed by atoms with E-state index in [0.717, 1.165) is 11.1 Å². The summed E-state index contributed by atoms with van der Waals surface area (Å²) >= 11 is 0. The number of carbonyl (C=O) groups excluding carboxylic acids is 1. The lowest BCUT2D eigenvalue weighted by Crippen LogP contribution is -2.51. The molecule has 2 atom stereocenters. The Morgan fingerprint density at radius 2 is 1.45 bits per heavy atom. The van der Waals surface area contributed by atoms with Crippen LogP contribution in [-0.2, 0) is 32.5 Å². The van der Waals surface area contributed by atoms with Crippen molar-refractivity contribution in [2.24, 2.45) is 0 Å². The summed E-state index contributed by atoms with van der Waals surface area (Å²) in [5, 5.41) is 2.91. The van der Waals surface area contributed by atoms with E-state index in [2.05, 4.69) is 10.0 Å². The van der Waals surface area contributed by atoms with Crippen LogP contribution in [0.3, 0.4) is 0 Å². The number of nitrogens with one attached hydrogen (secondary N) is 2. The molecule has 2 unspecified atom stereocenters. The molecule has 3 aromatic carbocycles. The zero-order chi connectivity index (χ0) is 27.6. The van der Waals surface area contributed by atoms with Crippen LogP contribution >= 0.6 is 0 Å². The van der Waals surface area contributed by atoms with Crippen molar-refractivity contribution in [1.29, 1.82) is 0 Å². The van der Waals surface area contributed by atoms with Gasteiger partial charge in [0.05, 0.1) is 30.8 Å². The van der Waals surface area contributed by atoms with Gasteiger partial charge in [0, 0.05) is 6.54 Å². The van der Waals surface area contributed by atoms with Crippen LogP contribution < -0.4 is 14.8 Å². The number of amides is 1. The highest BCUT2D eigenvalue weighted by Gasteiger charge is 2.29. The molecule has 0 aromatic heterocycles. The topological polar surface area (TPSA) is 103 Å². The van der Waals surface area contributed by atoms with Gasteiger partial charge in [-0.25, -0.2) is 17.9 Å². The largest absolute Gasteiger partial charge is 0.497 e. The number of ether oxygens (including phenoxy) is 3. The van der Waals surface area contributed by atoms with Crippen molar-refractivity contribution in [2.75, 3.05) is 13.7 Å². The van der Waals surface area contributed by atoms with E-state index in [4.69, 9.17) is 14.2 Å². The van der Waals surface area contributed by atoms with Gasteiger partial charge in [-0.1, -0.05) is 60.7 Å². The zero-order valence-electron chi connectivity index (χ0n) is 22.2. The number of methoxy groups -OCH3 is 1. The molecule has 0 fully saturated rings. The second kappa shape index (κ2) is 13.4. The minimum atomic E-state index is -3.86. The van der Waals surface area contributed by atoms with E-state index in [-0.39, 0.29) is 18.0 Å². The fraction of sp³-hybridized carbons (Fsp3) is 0.345. The lowest BCUT2D eigenvalue weighted by Gasteiger charge is -2.30. The molecule has 3 rings (SSSR count). The molecule has 3 aromatic rings. The Morgan fingerprint density at radius 3 is 2.00 bits per heavy atom. The summed E-state index contributed by atoms with van der Waals surface area (Å²) in [4.78, 5) is 12.9. The second-order valence-electron chi connectivity index (χ2n) is 9.80. The maximum atomic E-state index is 13.1. The zero-order valence-corrected chi connectivity index (χ0v) is 23.0. The molecule has 204 valence electrons. The third kappa shape index (κ3) is 9.48. The van der Waals surface area contributed by atoms with E-state index in [1.807, 2.05) is 60.7 Å². The van der Waals surface area contributed by atoms with Gasteiger partial charge in [-0.05, 0) is 62.6 Å². The maximum Gasteiger partial charge on any atom is 0.407 e. The van der Waals surface area contributed by atoms with Crippen LogP contribution in [0.2, 0.25) is 0 Å². The Labute approximate surface area is 225 Å². The number of hydrogen-bond acceptors (Lipinski definition) is 6. The molecule has 0 saturated carbocycles. The second-order valence-corrected chi connectivity index (χ2v) is 11.6. The van der Waals surface area contributed by atoms with Crippen LogP contribution in [0.5, 0.6) is 5.75 Å². The molecular weight excluding hydrogens is 504 g/mol. The fourth-order valence-corrected chi connectivity index (χ4v) is 4.77. The molecule has 38 heavy (non-hydrogen) atoms. The van der Waals surface area contributed by atoms with Crippen LogP contribution in [0.25, 0.3) is 0 Å². The van der Waals surface area contributed by atoms with Gasteiger partial charge in [-0.2, -0.15) is 0 Å². The van der Waals surface area contributed by atoms with Crippen molar-refractivity contribution in [3.63, 3.8) is 0 Å². The van der Waals surface area contributed by atoms with Crippen molar-refractivity contribution in [1.82, 2.24) is 10.0 Å². The van der Waals surface area contributed by atoms with Gasteiger partial charge in [-0.3, -0.25) is 0 Å². The number of alkyl carbamates (subject to hydrolysis) is 1. The highest BCUT2D eigenvalue weighted by atomic mass is 32.2. The Hall–Kier alpha value is -3.40. The molecule has 0 spiro atoms. The van der Waals surface area contributed by atoms with E-state index in [1.54, 1.807) is 32.9 Å². The normalized spacial score (nSPS) is 13.4. The Bertz CT molecular complexity index is 1240. The van der Waals surface area contributed by atoms with Crippen molar-refractivity contribution < 1.29 is 27.4 Å². The first-order valence-corrected chi connectivity index (χ1v) is 13.9. The summed E-state index contributed by atoms with van der Waals surface area (Å²) in [6.45, 7) is 5.51. The van der Waals surface area contributed by atoms with E-state index in [0.29, 0.717) is 12.2 Å². The van der Waals surface area contributed by atoms with E-state index >= 15 is 0 Å². The van der Waals surface area contributed by atoms with Gasteiger partial charge in [0.1, 0.15) is 11.4 Å². The molecule has 0 saturated heterocycles. The number of sulfonamides is 1. The molecule has 9 heteroatoms. The Balaban J connectivity index is 1.85. The number of rotatable bonds is 12. The van der Waals surface area contributed by atoms with E-state index in [9.17, 15) is 13.2 Å². The quantitative estimate of drug-likeness (QED) is 0.345. The first-order valence-electron chi connectivity index (χ1n) is 12.4. The molecule has 1 amide bonds. The highest BCUT2D eigenvalue weighted by Crippen LogP contribution is 2.17. The van der Waals surface area contributed by atoms with Crippen molar-refractivity contribution in [2.45, 2.75) is 56.4 Å². The Morgan fingerprint density at radius 1 is 0.868 bits per heavy atom. The molecule has 0 bridgehead atoms. The molecule has 0 radical (unpaired) electrons. The molecule has 0 aliphatic rings. The smallest absolute Gasteiger partial charge is 0.407 e. The molecule has 0 aliphatic carbocycles. The molecule has 0 heterocycles. The van der Waals surface area contributed by atoms with E-state index < -0.39 is 33.9 Å². The Kier molecular flexibility index (Phi) is 10.3. The van der Waals surface area contributed by atoms with Gasteiger partial charge in [0.25, 0.3) is 0 Å². The van der Waals surface area contributed by atoms with Crippen LogP contribution in [0.4, 0.5) is 4.79 Å². The lowest BCUT2D eigenvalue weighted by molar-refractivity contribution is 0.00858. The average molecular weight is 541 g/mol. The van der Waals surface area contributed by atoms with Crippen LogP contribution in [0.15, 0.2) is 89.8 Å². The molecule has 0 aliphatic heterocycles. The number of hydrogen-bond donors (Lipinski definition) is 2. The van der Waals surface area contributed by atoms with Crippen LogP contribution in [-0.4, -0.2) is 45.9 Å². The third-order valence-corrected chi connectivity index (χ3v) is 7.04. The summed E-state index contributed by atoms with van der Waals surface area (Å²) in [5.41, 5.74) is 1.18. The van der Waals surface area contributed by atoms with Gasteiger partial charge in [0.15, 0.2) is 0 Å². The predicted octanol–water partition coefficient (Wildman–Crippen LogP) is 4.69. The fourth-order valence-electron chi connectivity index (χ4n) is 3.73. The lowest BCUT2D eigenvalue weighted by atomic mass is 10.0. The van der Waals surface area contributed by atoms with Gasteiger partial charge in [0.2, 0.25) is 10.0 Å². The minimum absolute atomic E-state index is 0.0749. The van der Waals surface area contributed by atoms with Crippen molar-refractivity contribution in [3.05, 3.63) is 96.1 Å². The summed E-state index contributed by atoms with van der Waals surface area (Å²) < 4.78 is 45.7. The minimum Gasteiger partial charge on any atom is -0.497 e. The van der Waals surface area contributed by atoms with Gasteiger partial charge in [-0.15, -0.1) is 0 Å². The predicted molar refractivity (Wildman–Crippen MR) is 147 cm³/mol. The molecule has 2 N–H and O–H groups in total. The van der Waals surface area contributed by atoms with Gasteiger partial charge < -0.3 is 19.5 Å². The van der Waals surface area contributed by atoms with Gasteiger partial charge >= 0.3 is 6.09 Å². The summed E-state index contributed by atoms with van der Waals surface area (Å²) in [5.74, 6) is 0.553. The summed E-state index contributed by atoms with van der Waals surface area (Å²) in [6, 6.07) is 24.7. The summed E-state index contributed by atoms with van der Waals surface area (Å²) in [6.07, 6.45) is -0.912. The number of benzene rings is 3. The average Bonchev–Trinajstić information content (AvgIpc) is 2.88. The molecular formula is C29H36N2O6S. The van der Waals surface area contributed by atoms with Crippen LogP contribution in [0.1, 0.15) is 31.9 Å². The monoisotopic (exact) mass is 540 g/mol. The maximum absolute atomic E-state index is 13.1. The van der Waals surface area contributed by atoms with Crippen LogP contribution in [0, 0.1) is 0 Å².